The second-order valence-electron chi connectivity index (χ2n) is 4.64. The molecule has 6 heteroatoms. The number of aromatic nitrogens is 2. The average Bonchev–Trinajstić information content (AvgIpc) is 2.89. The quantitative estimate of drug-likeness (QED) is 0.537. The largest absolute Gasteiger partial charge is 1.00 e. The molecule has 0 aliphatic carbocycles. The van der Waals surface area contributed by atoms with Gasteiger partial charge < -0.3 is 27.2 Å². The number of aromatic hydroxyl groups is 1. The molecular weight excluding hydrogens is 302 g/mol. The van der Waals surface area contributed by atoms with Crippen LogP contribution in [0.2, 0.25) is 0 Å². The van der Waals surface area contributed by atoms with E-state index >= 15 is 0 Å². The van der Waals surface area contributed by atoms with Crippen LogP contribution in [-0.2, 0) is 0 Å². The lowest BCUT2D eigenvalue weighted by Gasteiger charge is -2.06. The lowest BCUT2D eigenvalue weighted by molar-refractivity contribution is -0.00000560. The molecule has 2 heterocycles. The van der Waals surface area contributed by atoms with Gasteiger partial charge in [-0.15, -0.1) is 0 Å². The summed E-state index contributed by atoms with van der Waals surface area (Å²) in [7, 11) is 0. The molecule has 0 unspecified atom stereocenters. The highest BCUT2D eigenvalue weighted by atomic mass is 35.5. The third-order valence-corrected chi connectivity index (χ3v) is 3.32. The minimum atomic E-state index is 0. The Bertz CT molecular complexity index is 952. The van der Waals surface area contributed by atoms with E-state index in [9.17, 15) is 5.11 Å². The molecule has 0 aliphatic rings. The van der Waals surface area contributed by atoms with Gasteiger partial charge in [0.1, 0.15) is 23.2 Å². The molecule has 0 aliphatic heterocycles. The van der Waals surface area contributed by atoms with Gasteiger partial charge in [0.25, 0.3) is 0 Å². The van der Waals surface area contributed by atoms with Crippen molar-refractivity contribution >= 4 is 33.6 Å². The summed E-state index contributed by atoms with van der Waals surface area (Å²) in [5.41, 5.74) is 2.65. The number of nitrogens with one attached hydrogen (secondary N) is 1. The van der Waals surface area contributed by atoms with Gasteiger partial charge in [-0.2, -0.15) is 0 Å². The van der Waals surface area contributed by atoms with E-state index in [1.807, 2.05) is 30.3 Å². The van der Waals surface area contributed by atoms with E-state index in [2.05, 4.69) is 15.3 Å². The van der Waals surface area contributed by atoms with E-state index in [1.165, 1.54) is 6.33 Å². The maximum Gasteiger partial charge on any atom is 0.196 e. The summed E-state index contributed by atoms with van der Waals surface area (Å²) < 4.78 is 5.83. The number of rotatable bonds is 2. The van der Waals surface area contributed by atoms with E-state index in [0.717, 1.165) is 16.5 Å². The molecule has 2 aromatic carbocycles. The monoisotopic (exact) mass is 312 g/mol. The number of nitrogens with zero attached hydrogens (tertiary/aromatic N) is 2. The second kappa shape index (κ2) is 5.54. The van der Waals surface area contributed by atoms with E-state index in [0.29, 0.717) is 17.1 Å². The van der Waals surface area contributed by atoms with Gasteiger partial charge in [-0.3, -0.25) is 0 Å². The highest BCUT2D eigenvalue weighted by Crippen LogP contribution is 2.33. The number of hydrogen-bond donors (Lipinski definition) is 2. The fraction of sp³-hybridized carbons (Fsp3) is 0. The number of hydrogen-bond acceptors (Lipinski definition) is 5. The van der Waals surface area contributed by atoms with Crippen molar-refractivity contribution in [1.29, 1.82) is 0 Å². The molecule has 22 heavy (non-hydrogen) atoms. The molecule has 2 N–H and O–H groups in total. The minimum absolute atomic E-state index is 0. The number of fused-ring (bicyclic) bond motifs is 3. The standard InChI is InChI=1S/C16H11N3O2.ClH/c20-12-7-3-2-6-11(12)19-16-15-14(17-9-18-16)10-5-1-4-8-13(10)21-15;/h1-9,20H,(H,17,18,19);1H/p-1. The Morgan fingerprint density at radius 2 is 1.73 bits per heavy atom. The fourth-order valence-electron chi connectivity index (χ4n) is 2.32. The zero-order valence-corrected chi connectivity index (χ0v) is 12.1. The number of para-hydroxylation sites is 3. The predicted octanol–water partition coefficient (Wildman–Crippen LogP) is 0.829. The summed E-state index contributed by atoms with van der Waals surface area (Å²) >= 11 is 0. The number of furan rings is 1. The van der Waals surface area contributed by atoms with Crippen LogP contribution in [0, 0.1) is 0 Å². The van der Waals surface area contributed by atoms with Gasteiger partial charge in [0.05, 0.1) is 5.69 Å². The molecule has 110 valence electrons. The molecule has 4 aromatic rings. The second-order valence-corrected chi connectivity index (χ2v) is 4.64. The van der Waals surface area contributed by atoms with Crippen molar-refractivity contribution in [2.75, 3.05) is 5.32 Å². The van der Waals surface area contributed by atoms with Gasteiger partial charge in [-0.1, -0.05) is 24.3 Å². The smallest absolute Gasteiger partial charge is 0.196 e. The average molecular weight is 313 g/mol. The zero-order chi connectivity index (χ0) is 14.2. The summed E-state index contributed by atoms with van der Waals surface area (Å²) in [5, 5.41) is 13.9. The van der Waals surface area contributed by atoms with Gasteiger partial charge in [-0.25, -0.2) is 9.97 Å². The topological polar surface area (TPSA) is 71.2 Å². The summed E-state index contributed by atoms with van der Waals surface area (Å²) in [6, 6.07) is 14.7. The SMILES string of the molecule is Oc1ccccc1Nc1ncnc2c1oc1ccccc12.[Cl-]. The van der Waals surface area contributed by atoms with Crippen LogP contribution in [0.4, 0.5) is 11.5 Å². The van der Waals surface area contributed by atoms with Crippen LogP contribution in [0.25, 0.3) is 22.1 Å². The van der Waals surface area contributed by atoms with Crippen molar-refractivity contribution in [3.05, 3.63) is 54.9 Å². The van der Waals surface area contributed by atoms with E-state index in [-0.39, 0.29) is 18.2 Å². The van der Waals surface area contributed by atoms with Gasteiger partial charge in [0.2, 0.25) is 0 Å². The molecular formula is C16H11ClN3O2-. The molecule has 0 spiro atoms. The molecule has 0 bridgehead atoms. The Morgan fingerprint density at radius 3 is 2.59 bits per heavy atom. The Hall–Kier alpha value is -2.79. The van der Waals surface area contributed by atoms with Crippen LogP contribution in [-0.4, -0.2) is 15.1 Å². The third-order valence-electron chi connectivity index (χ3n) is 3.32. The summed E-state index contributed by atoms with van der Waals surface area (Å²) in [5.74, 6) is 0.679. The third kappa shape index (κ3) is 2.21. The number of phenolic OH excluding ortho intramolecular Hbond substituents is 1. The van der Waals surface area contributed by atoms with Crippen LogP contribution in [0.5, 0.6) is 5.75 Å². The van der Waals surface area contributed by atoms with Crippen molar-refractivity contribution in [3.63, 3.8) is 0 Å². The van der Waals surface area contributed by atoms with E-state index in [1.54, 1.807) is 18.2 Å². The maximum atomic E-state index is 9.85. The molecule has 0 atom stereocenters. The zero-order valence-electron chi connectivity index (χ0n) is 11.3. The van der Waals surface area contributed by atoms with Gasteiger partial charge >= 0.3 is 0 Å². The molecule has 5 nitrogen and oxygen atoms in total. The van der Waals surface area contributed by atoms with Crippen LogP contribution >= 0.6 is 0 Å². The molecule has 4 rings (SSSR count). The first-order chi connectivity index (χ1) is 10.3. The summed E-state index contributed by atoms with van der Waals surface area (Å²) in [4.78, 5) is 8.50. The van der Waals surface area contributed by atoms with Crippen molar-refractivity contribution in [1.82, 2.24) is 9.97 Å². The molecule has 0 radical (unpaired) electrons. The van der Waals surface area contributed by atoms with Crippen LogP contribution in [0.3, 0.4) is 0 Å². The first-order valence-corrected chi connectivity index (χ1v) is 6.50. The van der Waals surface area contributed by atoms with Gasteiger partial charge in [-0.05, 0) is 24.3 Å². The summed E-state index contributed by atoms with van der Waals surface area (Å²) in [6.45, 7) is 0. The number of anilines is 2. The Kier molecular flexibility index (Phi) is 3.56. The van der Waals surface area contributed by atoms with E-state index < -0.39 is 0 Å². The fourth-order valence-corrected chi connectivity index (χ4v) is 2.32. The minimum Gasteiger partial charge on any atom is -1.00 e. The molecule has 0 saturated heterocycles. The lowest BCUT2D eigenvalue weighted by Crippen LogP contribution is -3.00. The number of halogens is 1. The van der Waals surface area contributed by atoms with Crippen molar-refractivity contribution in [3.8, 4) is 5.75 Å². The van der Waals surface area contributed by atoms with Crippen molar-refractivity contribution in [2.45, 2.75) is 0 Å². The lowest BCUT2D eigenvalue weighted by atomic mass is 10.2. The Balaban J connectivity index is 0.00000144. The normalized spacial score (nSPS) is 10.5. The van der Waals surface area contributed by atoms with Crippen molar-refractivity contribution in [2.24, 2.45) is 0 Å². The molecule has 0 fully saturated rings. The Morgan fingerprint density at radius 1 is 0.955 bits per heavy atom. The van der Waals surface area contributed by atoms with Crippen molar-refractivity contribution < 1.29 is 21.9 Å². The highest BCUT2D eigenvalue weighted by Gasteiger charge is 2.13. The predicted molar refractivity (Wildman–Crippen MR) is 80.7 cm³/mol. The first-order valence-electron chi connectivity index (χ1n) is 6.50. The van der Waals surface area contributed by atoms with Crippen LogP contribution in [0.15, 0.2) is 59.3 Å². The van der Waals surface area contributed by atoms with Crippen LogP contribution in [0.1, 0.15) is 0 Å². The maximum absolute atomic E-state index is 9.85. The highest BCUT2D eigenvalue weighted by molar-refractivity contribution is 6.05. The molecule has 0 amide bonds. The van der Waals surface area contributed by atoms with Gasteiger partial charge in [0.15, 0.2) is 11.4 Å². The number of benzene rings is 2. The van der Waals surface area contributed by atoms with Gasteiger partial charge in [0, 0.05) is 5.39 Å². The Labute approximate surface area is 132 Å². The van der Waals surface area contributed by atoms with E-state index in [4.69, 9.17) is 4.42 Å². The van der Waals surface area contributed by atoms with Crippen LogP contribution < -0.4 is 17.7 Å². The molecule has 2 aromatic heterocycles. The first kappa shape index (κ1) is 14.2. The number of phenols is 1. The molecule has 0 saturated carbocycles. The summed E-state index contributed by atoms with van der Waals surface area (Å²) in [6.07, 6.45) is 1.48.